The minimum atomic E-state index is 0.0275. The molecule has 166 valence electrons. The average Bonchev–Trinajstić information content (AvgIpc) is 2.78. The fraction of sp³-hybridized carbons (Fsp3) is 0.542. The molecule has 1 amide bonds. The van der Waals surface area contributed by atoms with Gasteiger partial charge in [0, 0.05) is 44.0 Å². The van der Waals surface area contributed by atoms with Gasteiger partial charge in [-0.05, 0) is 44.4 Å². The number of amides is 1. The number of rotatable bonds is 6. The Labute approximate surface area is 184 Å². The third-order valence-corrected chi connectivity index (χ3v) is 6.09. The summed E-state index contributed by atoms with van der Waals surface area (Å²) >= 11 is 0. The van der Waals surface area contributed by atoms with Crippen molar-refractivity contribution < 1.29 is 9.53 Å². The molecule has 2 fully saturated rings. The summed E-state index contributed by atoms with van der Waals surface area (Å²) in [6.07, 6.45) is 6.27. The number of ether oxygens (including phenoxy) is 1. The van der Waals surface area contributed by atoms with E-state index in [0.717, 1.165) is 41.9 Å². The van der Waals surface area contributed by atoms with E-state index in [0.29, 0.717) is 19.1 Å². The van der Waals surface area contributed by atoms with Gasteiger partial charge in [0.25, 0.3) is 5.91 Å². The van der Waals surface area contributed by atoms with Gasteiger partial charge in [-0.15, -0.1) is 0 Å². The van der Waals surface area contributed by atoms with Gasteiger partial charge in [0.2, 0.25) is 5.95 Å². The number of hydrogen-bond acceptors (Lipinski definition) is 6. The topological polar surface area (TPSA) is 70.6 Å². The Hall–Kier alpha value is -2.83. The van der Waals surface area contributed by atoms with E-state index in [1.807, 2.05) is 49.1 Å². The van der Waals surface area contributed by atoms with Gasteiger partial charge in [-0.25, -0.2) is 4.98 Å². The number of anilines is 2. The Morgan fingerprint density at radius 3 is 2.58 bits per heavy atom. The second-order valence-electron chi connectivity index (χ2n) is 8.64. The molecule has 0 radical (unpaired) electrons. The number of carbonyl (C=O) groups is 1. The van der Waals surface area contributed by atoms with Gasteiger partial charge in [-0.1, -0.05) is 31.4 Å². The smallest absolute Gasteiger partial charge is 0.260 e. The molecule has 2 aromatic rings. The third kappa shape index (κ3) is 5.87. The standard InChI is InChI=1S/C24H33N5O2/c1-18-7-6-10-21(15-18)31-17-23(30)29-13-11-28(12-14-29)22-16-19(2)25-24(27-22)26-20-8-4-3-5-9-20/h6-7,10,15-16,20H,3-5,8-9,11-14,17H2,1-2H3,(H,25,26,27). The van der Waals surface area contributed by atoms with Crippen LogP contribution in [-0.2, 0) is 4.79 Å². The van der Waals surface area contributed by atoms with E-state index in [1.165, 1.54) is 32.1 Å². The summed E-state index contributed by atoms with van der Waals surface area (Å²) in [5.74, 6) is 2.43. The Bertz CT molecular complexity index is 889. The number of aromatic nitrogens is 2. The molecule has 1 saturated heterocycles. The summed E-state index contributed by atoms with van der Waals surface area (Å²) in [6.45, 7) is 6.96. The summed E-state index contributed by atoms with van der Waals surface area (Å²) in [5.41, 5.74) is 2.09. The van der Waals surface area contributed by atoms with Crippen LogP contribution in [0.5, 0.6) is 5.75 Å². The van der Waals surface area contributed by atoms with Gasteiger partial charge in [-0.3, -0.25) is 4.79 Å². The number of nitrogens with zero attached hydrogens (tertiary/aromatic N) is 4. The molecule has 7 nitrogen and oxygen atoms in total. The first-order valence-corrected chi connectivity index (χ1v) is 11.4. The normalized spacial score (nSPS) is 17.5. The molecule has 0 unspecified atom stereocenters. The molecule has 1 aromatic carbocycles. The Balaban J connectivity index is 1.30. The number of nitrogens with one attached hydrogen (secondary N) is 1. The zero-order valence-corrected chi connectivity index (χ0v) is 18.6. The lowest BCUT2D eigenvalue weighted by atomic mass is 9.96. The monoisotopic (exact) mass is 423 g/mol. The highest BCUT2D eigenvalue weighted by molar-refractivity contribution is 5.78. The highest BCUT2D eigenvalue weighted by Crippen LogP contribution is 2.22. The van der Waals surface area contributed by atoms with E-state index in [9.17, 15) is 4.79 Å². The molecule has 31 heavy (non-hydrogen) atoms. The van der Waals surface area contributed by atoms with Crippen LogP contribution in [0.4, 0.5) is 11.8 Å². The SMILES string of the molecule is Cc1cccc(OCC(=O)N2CCN(c3cc(C)nc(NC4CCCCC4)n3)CC2)c1. The predicted octanol–water partition coefficient (Wildman–Crippen LogP) is 3.57. The van der Waals surface area contributed by atoms with E-state index in [2.05, 4.69) is 15.2 Å². The highest BCUT2D eigenvalue weighted by atomic mass is 16.5. The molecule has 1 aliphatic heterocycles. The number of benzene rings is 1. The molecule has 1 aromatic heterocycles. The van der Waals surface area contributed by atoms with Crippen molar-refractivity contribution in [3.63, 3.8) is 0 Å². The van der Waals surface area contributed by atoms with Gasteiger partial charge >= 0.3 is 0 Å². The number of hydrogen-bond donors (Lipinski definition) is 1. The van der Waals surface area contributed by atoms with Gasteiger partial charge in [0.1, 0.15) is 11.6 Å². The molecule has 2 heterocycles. The fourth-order valence-corrected chi connectivity index (χ4v) is 4.33. The first-order valence-electron chi connectivity index (χ1n) is 11.4. The number of carbonyl (C=O) groups excluding carboxylic acids is 1. The second-order valence-corrected chi connectivity index (χ2v) is 8.64. The van der Waals surface area contributed by atoms with Crippen LogP contribution in [0.15, 0.2) is 30.3 Å². The van der Waals surface area contributed by atoms with E-state index in [1.54, 1.807) is 0 Å². The third-order valence-electron chi connectivity index (χ3n) is 6.09. The van der Waals surface area contributed by atoms with Crippen molar-refractivity contribution in [2.75, 3.05) is 43.0 Å². The van der Waals surface area contributed by atoms with E-state index >= 15 is 0 Å². The fourth-order valence-electron chi connectivity index (χ4n) is 4.33. The van der Waals surface area contributed by atoms with Crippen LogP contribution in [0.1, 0.15) is 43.4 Å². The molecule has 1 saturated carbocycles. The minimum absolute atomic E-state index is 0.0275. The largest absolute Gasteiger partial charge is 0.484 e. The van der Waals surface area contributed by atoms with Crippen molar-refractivity contribution in [2.24, 2.45) is 0 Å². The lowest BCUT2D eigenvalue weighted by Gasteiger charge is -2.35. The Kier molecular flexibility index (Phi) is 6.89. The van der Waals surface area contributed by atoms with E-state index < -0.39 is 0 Å². The van der Waals surface area contributed by atoms with Crippen LogP contribution in [0.2, 0.25) is 0 Å². The molecule has 7 heteroatoms. The zero-order chi connectivity index (χ0) is 21.6. The molecule has 0 spiro atoms. The van der Waals surface area contributed by atoms with Gasteiger partial charge < -0.3 is 19.9 Å². The van der Waals surface area contributed by atoms with Gasteiger partial charge in [0.15, 0.2) is 6.61 Å². The molecular formula is C24H33N5O2. The quantitative estimate of drug-likeness (QED) is 0.766. The van der Waals surface area contributed by atoms with Crippen LogP contribution >= 0.6 is 0 Å². The van der Waals surface area contributed by atoms with E-state index in [4.69, 9.17) is 9.72 Å². The lowest BCUT2D eigenvalue weighted by molar-refractivity contribution is -0.133. The maximum absolute atomic E-state index is 12.6. The van der Waals surface area contributed by atoms with Crippen molar-refractivity contribution in [3.8, 4) is 5.75 Å². The Morgan fingerprint density at radius 2 is 1.84 bits per heavy atom. The van der Waals surface area contributed by atoms with Crippen LogP contribution in [-0.4, -0.2) is 59.6 Å². The molecule has 2 aliphatic rings. The molecule has 0 atom stereocenters. The first kappa shape index (κ1) is 21.4. The van der Waals surface area contributed by atoms with Crippen molar-refractivity contribution in [1.82, 2.24) is 14.9 Å². The number of piperazine rings is 1. The van der Waals surface area contributed by atoms with Crippen molar-refractivity contribution >= 4 is 17.7 Å². The molecular weight excluding hydrogens is 390 g/mol. The van der Waals surface area contributed by atoms with Crippen molar-refractivity contribution in [2.45, 2.75) is 52.0 Å². The van der Waals surface area contributed by atoms with Gasteiger partial charge in [0.05, 0.1) is 0 Å². The van der Waals surface area contributed by atoms with Gasteiger partial charge in [-0.2, -0.15) is 4.98 Å². The van der Waals surface area contributed by atoms with Crippen LogP contribution in [0, 0.1) is 13.8 Å². The summed E-state index contributed by atoms with van der Waals surface area (Å²) in [4.78, 5) is 26.1. The summed E-state index contributed by atoms with van der Waals surface area (Å²) in [7, 11) is 0. The van der Waals surface area contributed by atoms with E-state index in [-0.39, 0.29) is 12.5 Å². The molecule has 1 aliphatic carbocycles. The second kappa shape index (κ2) is 9.98. The van der Waals surface area contributed by atoms with Crippen LogP contribution in [0.3, 0.4) is 0 Å². The minimum Gasteiger partial charge on any atom is -0.484 e. The molecule has 4 rings (SSSR count). The highest BCUT2D eigenvalue weighted by Gasteiger charge is 2.23. The van der Waals surface area contributed by atoms with Crippen molar-refractivity contribution in [1.29, 1.82) is 0 Å². The first-order chi connectivity index (χ1) is 15.1. The van der Waals surface area contributed by atoms with Crippen LogP contribution < -0.4 is 15.0 Å². The summed E-state index contributed by atoms with van der Waals surface area (Å²) in [5, 5.41) is 3.53. The van der Waals surface area contributed by atoms with Crippen LogP contribution in [0.25, 0.3) is 0 Å². The summed E-state index contributed by atoms with van der Waals surface area (Å²) < 4.78 is 5.68. The average molecular weight is 424 g/mol. The Morgan fingerprint density at radius 1 is 1.06 bits per heavy atom. The maximum Gasteiger partial charge on any atom is 0.260 e. The predicted molar refractivity (Wildman–Crippen MR) is 123 cm³/mol. The van der Waals surface area contributed by atoms with Crippen molar-refractivity contribution in [3.05, 3.63) is 41.6 Å². The maximum atomic E-state index is 12.6. The number of aryl methyl sites for hydroxylation is 2. The zero-order valence-electron chi connectivity index (χ0n) is 18.6. The molecule has 0 bridgehead atoms. The molecule has 1 N–H and O–H groups in total. The lowest BCUT2D eigenvalue weighted by Crippen LogP contribution is -2.50. The summed E-state index contributed by atoms with van der Waals surface area (Å²) in [6, 6.07) is 10.3.